The van der Waals surface area contributed by atoms with Crippen LogP contribution in [0.1, 0.15) is 32.8 Å². The van der Waals surface area contributed by atoms with Gasteiger partial charge in [-0.05, 0) is 38.0 Å². The molecule has 1 aliphatic heterocycles. The number of rotatable bonds is 5. The quantitative estimate of drug-likeness (QED) is 0.811. The van der Waals surface area contributed by atoms with Crippen LogP contribution < -0.4 is 4.74 Å². The summed E-state index contributed by atoms with van der Waals surface area (Å²) in [7, 11) is 1.53. The maximum Gasteiger partial charge on any atom is 0.436 e. The Kier molecular flexibility index (Phi) is 5.51. The Hall–Kier alpha value is -2.77. The van der Waals surface area contributed by atoms with E-state index in [1.165, 1.54) is 7.11 Å². The third-order valence-corrected chi connectivity index (χ3v) is 4.07. The summed E-state index contributed by atoms with van der Waals surface area (Å²) in [5.74, 6) is 0.0818. The number of imide groups is 1. The average molecular weight is 350 g/mol. The molecule has 1 saturated heterocycles. The van der Waals surface area contributed by atoms with Crippen molar-refractivity contribution >= 4 is 18.1 Å². The van der Waals surface area contributed by atoms with Gasteiger partial charge in [0.25, 0.3) is 5.91 Å². The van der Waals surface area contributed by atoms with Crippen molar-refractivity contribution in [1.82, 2.24) is 10.0 Å². The van der Waals surface area contributed by atoms with E-state index in [9.17, 15) is 14.4 Å². The molecule has 3 amide bonds. The lowest BCUT2D eigenvalue weighted by molar-refractivity contribution is -0.203. The molecule has 1 aromatic carbocycles. The van der Waals surface area contributed by atoms with Gasteiger partial charge in [-0.25, -0.2) is 9.59 Å². The summed E-state index contributed by atoms with van der Waals surface area (Å²) in [4.78, 5) is 37.4. The molecule has 0 aliphatic carbocycles. The molecular formula is C17H22N2O6. The fraction of sp³-hybridized carbons (Fsp3) is 0.471. The van der Waals surface area contributed by atoms with Crippen LogP contribution in [0.2, 0.25) is 0 Å². The van der Waals surface area contributed by atoms with Crippen LogP contribution in [0.25, 0.3) is 0 Å². The molecule has 136 valence electrons. The standard InChI is InChI=1S/C17H22N2O6/c1-5-17(12-8-10-13(23-4)11-9-12)14(20)18(15(21)24-6-2)19(17)16(22)25-7-3/h8-11H,5-7H2,1-4H3/t17-/m1/s1. The van der Waals surface area contributed by atoms with Gasteiger partial charge in [0, 0.05) is 0 Å². The summed E-state index contributed by atoms with van der Waals surface area (Å²) in [5.41, 5.74) is -0.750. The number of nitrogens with zero attached hydrogens (tertiary/aromatic N) is 2. The van der Waals surface area contributed by atoms with Gasteiger partial charge in [0.2, 0.25) is 0 Å². The van der Waals surface area contributed by atoms with E-state index >= 15 is 0 Å². The maximum absolute atomic E-state index is 12.8. The second-order valence-corrected chi connectivity index (χ2v) is 5.27. The van der Waals surface area contributed by atoms with Crippen LogP contribution in [0.4, 0.5) is 9.59 Å². The molecule has 1 heterocycles. The number of ether oxygens (including phenoxy) is 3. The Balaban J connectivity index is 2.47. The Labute approximate surface area is 146 Å². The van der Waals surface area contributed by atoms with E-state index in [1.807, 2.05) is 0 Å². The molecule has 0 spiro atoms. The molecular weight excluding hydrogens is 328 g/mol. The molecule has 1 aliphatic rings. The molecule has 0 radical (unpaired) electrons. The van der Waals surface area contributed by atoms with Gasteiger partial charge in [-0.15, -0.1) is 5.01 Å². The lowest BCUT2D eigenvalue weighted by atomic mass is 9.81. The number of amides is 3. The Morgan fingerprint density at radius 1 is 1.00 bits per heavy atom. The van der Waals surface area contributed by atoms with Crippen LogP contribution in [-0.4, -0.2) is 48.4 Å². The van der Waals surface area contributed by atoms with E-state index in [-0.39, 0.29) is 19.6 Å². The summed E-state index contributed by atoms with van der Waals surface area (Å²) in [6.45, 7) is 5.23. The summed E-state index contributed by atoms with van der Waals surface area (Å²) >= 11 is 0. The van der Waals surface area contributed by atoms with Gasteiger partial charge in [0.1, 0.15) is 5.75 Å². The van der Waals surface area contributed by atoms with E-state index in [2.05, 4.69) is 0 Å². The van der Waals surface area contributed by atoms with Crippen LogP contribution in [0, 0.1) is 0 Å². The minimum Gasteiger partial charge on any atom is -0.497 e. The number of benzene rings is 1. The highest BCUT2D eigenvalue weighted by Crippen LogP contribution is 2.45. The first kappa shape index (κ1) is 18.6. The summed E-state index contributed by atoms with van der Waals surface area (Å²) < 4.78 is 15.0. The topological polar surface area (TPSA) is 85.4 Å². The van der Waals surface area contributed by atoms with Crippen molar-refractivity contribution in [3.05, 3.63) is 29.8 Å². The van der Waals surface area contributed by atoms with Gasteiger partial charge in [-0.3, -0.25) is 4.79 Å². The lowest BCUT2D eigenvalue weighted by Gasteiger charge is -2.54. The number of hydrazine groups is 1. The van der Waals surface area contributed by atoms with Gasteiger partial charge < -0.3 is 14.2 Å². The molecule has 2 rings (SSSR count). The van der Waals surface area contributed by atoms with Crippen molar-refractivity contribution in [3.8, 4) is 5.75 Å². The monoisotopic (exact) mass is 350 g/mol. The van der Waals surface area contributed by atoms with Crippen molar-refractivity contribution in [2.24, 2.45) is 0 Å². The van der Waals surface area contributed by atoms with Crippen molar-refractivity contribution in [2.75, 3.05) is 20.3 Å². The summed E-state index contributed by atoms with van der Waals surface area (Å²) in [6.07, 6.45) is -1.42. The smallest absolute Gasteiger partial charge is 0.436 e. The van der Waals surface area contributed by atoms with Crippen LogP contribution >= 0.6 is 0 Å². The van der Waals surface area contributed by atoms with Gasteiger partial charge in [0.05, 0.1) is 20.3 Å². The first-order valence-corrected chi connectivity index (χ1v) is 8.10. The fourth-order valence-electron chi connectivity index (χ4n) is 2.87. The van der Waals surface area contributed by atoms with Crippen molar-refractivity contribution < 1.29 is 28.6 Å². The highest BCUT2D eigenvalue weighted by Gasteiger charge is 2.65. The van der Waals surface area contributed by atoms with Crippen molar-refractivity contribution in [2.45, 2.75) is 32.7 Å². The molecule has 25 heavy (non-hydrogen) atoms. The van der Waals surface area contributed by atoms with Crippen LogP contribution in [0.5, 0.6) is 5.75 Å². The molecule has 0 N–H and O–H groups in total. The average Bonchev–Trinajstić information content (AvgIpc) is 2.61. The van der Waals surface area contributed by atoms with E-state index in [0.29, 0.717) is 16.3 Å². The second kappa shape index (κ2) is 7.42. The van der Waals surface area contributed by atoms with E-state index in [1.54, 1.807) is 45.0 Å². The molecule has 0 aromatic heterocycles. The normalized spacial score (nSPS) is 19.3. The first-order valence-electron chi connectivity index (χ1n) is 8.10. The zero-order valence-electron chi connectivity index (χ0n) is 14.8. The highest BCUT2D eigenvalue weighted by molar-refractivity contribution is 6.06. The number of hydrogen-bond donors (Lipinski definition) is 0. The summed E-state index contributed by atoms with van der Waals surface area (Å²) in [5, 5.41) is 1.72. The molecule has 1 atom stereocenters. The molecule has 8 nitrogen and oxygen atoms in total. The van der Waals surface area contributed by atoms with Gasteiger partial charge in [0.15, 0.2) is 5.54 Å². The third kappa shape index (κ3) is 2.88. The first-order chi connectivity index (χ1) is 12.0. The van der Waals surface area contributed by atoms with Crippen LogP contribution in [0.15, 0.2) is 24.3 Å². The van der Waals surface area contributed by atoms with Crippen LogP contribution in [0.3, 0.4) is 0 Å². The number of carbonyl (C=O) groups excluding carboxylic acids is 3. The van der Waals surface area contributed by atoms with E-state index in [0.717, 1.165) is 5.01 Å². The van der Waals surface area contributed by atoms with E-state index in [4.69, 9.17) is 14.2 Å². The van der Waals surface area contributed by atoms with Crippen LogP contribution in [-0.2, 0) is 19.8 Å². The zero-order valence-corrected chi connectivity index (χ0v) is 14.8. The molecule has 1 fully saturated rings. The van der Waals surface area contributed by atoms with Crippen molar-refractivity contribution in [1.29, 1.82) is 0 Å². The molecule has 0 bridgehead atoms. The molecule has 1 aromatic rings. The lowest BCUT2D eigenvalue weighted by Crippen LogP contribution is -2.77. The molecule has 0 saturated carbocycles. The Bertz CT molecular complexity index is 660. The Morgan fingerprint density at radius 3 is 2.04 bits per heavy atom. The van der Waals surface area contributed by atoms with Gasteiger partial charge >= 0.3 is 12.2 Å². The highest BCUT2D eigenvalue weighted by atomic mass is 16.6. The fourth-order valence-corrected chi connectivity index (χ4v) is 2.87. The predicted molar refractivity (Wildman–Crippen MR) is 87.7 cm³/mol. The molecule has 8 heteroatoms. The van der Waals surface area contributed by atoms with Gasteiger partial charge in [-0.1, -0.05) is 19.1 Å². The largest absolute Gasteiger partial charge is 0.497 e. The third-order valence-electron chi connectivity index (χ3n) is 4.07. The minimum atomic E-state index is -1.31. The van der Waals surface area contributed by atoms with E-state index < -0.39 is 23.6 Å². The number of carbonyl (C=O) groups is 3. The van der Waals surface area contributed by atoms with Gasteiger partial charge in [-0.2, -0.15) is 5.01 Å². The molecule has 0 unspecified atom stereocenters. The number of methoxy groups -OCH3 is 1. The maximum atomic E-state index is 12.8. The number of hydrogen-bond acceptors (Lipinski definition) is 6. The SMILES string of the molecule is CCOC(=O)N1C(=O)[C@@](CC)(c2ccc(OC)cc2)N1C(=O)OCC. The zero-order chi connectivity index (χ0) is 18.6. The predicted octanol–water partition coefficient (Wildman–Crippen LogP) is 2.67. The Morgan fingerprint density at radius 2 is 1.56 bits per heavy atom. The minimum absolute atomic E-state index is 0.0843. The summed E-state index contributed by atoms with van der Waals surface area (Å²) in [6, 6.07) is 6.76. The second-order valence-electron chi connectivity index (χ2n) is 5.27. The van der Waals surface area contributed by atoms with Crippen molar-refractivity contribution in [3.63, 3.8) is 0 Å².